The topological polar surface area (TPSA) is 20.2 Å². The molecular formula is C7H10O. The van der Waals surface area contributed by atoms with Gasteiger partial charge < -0.3 is 5.11 Å². The number of aliphatic hydroxyl groups excluding tert-OH is 1. The lowest BCUT2D eigenvalue weighted by Crippen LogP contribution is -1.99. The summed E-state index contributed by atoms with van der Waals surface area (Å²) in [6.45, 7) is 3.49. The van der Waals surface area contributed by atoms with Crippen molar-refractivity contribution in [2.45, 2.75) is 18.9 Å². The molecule has 0 aromatic rings. The van der Waals surface area contributed by atoms with Crippen molar-refractivity contribution in [3.8, 4) is 12.3 Å². The number of rotatable bonds is 3. The Morgan fingerprint density at radius 2 is 2.50 bits per heavy atom. The second-order valence-electron chi connectivity index (χ2n) is 1.55. The number of terminal acetylenes is 1. The van der Waals surface area contributed by atoms with E-state index < -0.39 is 6.10 Å². The quantitative estimate of drug-likeness (QED) is 0.423. The molecule has 0 fully saturated rings. The van der Waals surface area contributed by atoms with Crippen LogP contribution in [0.3, 0.4) is 0 Å². The Hall–Kier alpha value is -0.740. The summed E-state index contributed by atoms with van der Waals surface area (Å²) in [6, 6.07) is 0. The average Bonchev–Trinajstić information content (AvgIpc) is 1.83. The maximum Gasteiger partial charge on any atom is 0.114 e. The van der Waals surface area contributed by atoms with Crippen LogP contribution in [0.1, 0.15) is 12.8 Å². The molecule has 0 radical (unpaired) electrons. The van der Waals surface area contributed by atoms with Gasteiger partial charge in [-0.3, -0.25) is 0 Å². The summed E-state index contributed by atoms with van der Waals surface area (Å²) < 4.78 is 0. The molecule has 0 rings (SSSR count). The number of allylic oxidation sites excluding steroid dienone is 1. The Kier molecular flexibility index (Phi) is 4.01. The van der Waals surface area contributed by atoms with E-state index in [2.05, 4.69) is 12.5 Å². The van der Waals surface area contributed by atoms with Gasteiger partial charge in [-0.25, -0.2) is 0 Å². The van der Waals surface area contributed by atoms with Crippen molar-refractivity contribution >= 4 is 0 Å². The third-order valence-corrected chi connectivity index (χ3v) is 0.837. The minimum Gasteiger partial charge on any atom is -0.380 e. The molecule has 0 aliphatic rings. The molecule has 1 N–H and O–H groups in total. The lowest BCUT2D eigenvalue weighted by atomic mass is 10.2. The van der Waals surface area contributed by atoms with Crippen LogP contribution in [0.5, 0.6) is 0 Å². The van der Waals surface area contributed by atoms with Crippen LogP contribution in [0.4, 0.5) is 0 Å². The molecule has 1 atom stereocenters. The van der Waals surface area contributed by atoms with Crippen LogP contribution in [-0.2, 0) is 0 Å². The Labute approximate surface area is 50.0 Å². The largest absolute Gasteiger partial charge is 0.380 e. The summed E-state index contributed by atoms with van der Waals surface area (Å²) in [7, 11) is 0. The summed E-state index contributed by atoms with van der Waals surface area (Å²) in [5.74, 6) is 2.21. The minimum atomic E-state index is -0.590. The summed E-state index contributed by atoms with van der Waals surface area (Å²) >= 11 is 0. The highest BCUT2D eigenvalue weighted by Crippen LogP contribution is 1.94. The molecule has 0 saturated carbocycles. The number of aliphatic hydroxyl groups is 1. The molecule has 0 spiro atoms. The molecule has 1 heteroatoms. The Morgan fingerprint density at radius 1 is 1.88 bits per heavy atom. The molecule has 0 bridgehead atoms. The van der Waals surface area contributed by atoms with E-state index >= 15 is 0 Å². The molecule has 1 nitrogen and oxygen atoms in total. The molecule has 44 valence electrons. The SMILES string of the molecule is C#C[C@H](O)CCC=C. The van der Waals surface area contributed by atoms with Gasteiger partial charge in [0, 0.05) is 0 Å². The zero-order chi connectivity index (χ0) is 6.41. The predicted molar refractivity (Wildman–Crippen MR) is 34.3 cm³/mol. The fourth-order valence-corrected chi connectivity index (χ4v) is 0.359. The van der Waals surface area contributed by atoms with Gasteiger partial charge in [0.25, 0.3) is 0 Å². The normalized spacial score (nSPS) is 12.0. The Morgan fingerprint density at radius 3 is 2.88 bits per heavy atom. The van der Waals surface area contributed by atoms with Crippen LogP contribution >= 0.6 is 0 Å². The molecule has 0 heterocycles. The fourth-order valence-electron chi connectivity index (χ4n) is 0.359. The van der Waals surface area contributed by atoms with E-state index in [0.29, 0.717) is 6.42 Å². The highest BCUT2D eigenvalue weighted by Gasteiger charge is 1.92. The van der Waals surface area contributed by atoms with E-state index in [1.54, 1.807) is 6.08 Å². The maximum atomic E-state index is 8.71. The smallest absolute Gasteiger partial charge is 0.114 e. The van der Waals surface area contributed by atoms with Crippen molar-refractivity contribution in [2.75, 3.05) is 0 Å². The van der Waals surface area contributed by atoms with E-state index in [-0.39, 0.29) is 0 Å². The highest BCUT2D eigenvalue weighted by atomic mass is 16.3. The Balaban J connectivity index is 3.14. The first-order chi connectivity index (χ1) is 3.81. The average molecular weight is 110 g/mol. The van der Waals surface area contributed by atoms with Gasteiger partial charge in [0.15, 0.2) is 0 Å². The van der Waals surface area contributed by atoms with E-state index in [4.69, 9.17) is 11.5 Å². The molecule has 0 aliphatic heterocycles. The van der Waals surface area contributed by atoms with Gasteiger partial charge in [0.05, 0.1) is 0 Å². The molecule has 0 saturated heterocycles. The van der Waals surface area contributed by atoms with Crippen LogP contribution in [0.25, 0.3) is 0 Å². The first-order valence-electron chi connectivity index (χ1n) is 2.56. The lowest BCUT2D eigenvalue weighted by Gasteiger charge is -1.96. The van der Waals surface area contributed by atoms with Gasteiger partial charge in [0.2, 0.25) is 0 Å². The summed E-state index contributed by atoms with van der Waals surface area (Å²) in [5, 5.41) is 8.71. The molecule has 0 aromatic heterocycles. The highest BCUT2D eigenvalue weighted by molar-refractivity contribution is 4.93. The molecule has 0 aliphatic carbocycles. The Bertz CT molecular complexity index is 99.4. The predicted octanol–water partition coefficient (Wildman–Crippen LogP) is 0.947. The van der Waals surface area contributed by atoms with Gasteiger partial charge in [-0.1, -0.05) is 12.0 Å². The molecule has 0 aromatic carbocycles. The molecule has 0 unspecified atom stereocenters. The molecule has 0 amide bonds. The van der Waals surface area contributed by atoms with E-state index in [1.165, 1.54) is 0 Å². The van der Waals surface area contributed by atoms with Gasteiger partial charge in [-0.05, 0) is 12.8 Å². The number of hydrogen-bond acceptors (Lipinski definition) is 1. The van der Waals surface area contributed by atoms with Gasteiger partial charge in [0.1, 0.15) is 6.10 Å². The second-order valence-corrected chi connectivity index (χ2v) is 1.55. The van der Waals surface area contributed by atoms with E-state index in [1.807, 2.05) is 0 Å². The van der Waals surface area contributed by atoms with Gasteiger partial charge in [-0.15, -0.1) is 13.0 Å². The summed E-state index contributed by atoms with van der Waals surface area (Å²) in [4.78, 5) is 0. The number of hydrogen-bond donors (Lipinski definition) is 1. The third kappa shape index (κ3) is 3.45. The fraction of sp³-hybridized carbons (Fsp3) is 0.429. The zero-order valence-electron chi connectivity index (χ0n) is 4.80. The monoisotopic (exact) mass is 110 g/mol. The van der Waals surface area contributed by atoms with E-state index in [9.17, 15) is 0 Å². The van der Waals surface area contributed by atoms with Crippen molar-refractivity contribution in [3.05, 3.63) is 12.7 Å². The first kappa shape index (κ1) is 7.26. The lowest BCUT2D eigenvalue weighted by molar-refractivity contribution is 0.223. The van der Waals surface area contributed by atoms with Crippen molar-refractivity contribution in [2.24, 2.45) is 0 Å². The third-order valence-electron chi connectivity index (χ3n) is 0.837. The van der Waals surface area contributed by atoms with Crippen LogP contribution < -0.4 is 0 Å². The van der Waals surface area contributed by atoms with Crippen LogP contribution in [-0.4, -0.2) is 11.2 Å². The van der Waals surface area contributed by atoms with E-state index in [0.717, 1.165) is 6.42 Å². The van der Waals surface area contributed by atoms with Crippen molar-refractivity contribution in [1.82, 2.24) is 0 Å². The van der Waals surface area contributed by atoms with Crippen LogP contribution in [0, 0.1) is 12.3 Å². The second kappa shape index (κ2) is 4.42. The van der Waals surface area contributed by atoms with Gasteiger partial charge >= 0.3 is 0 Å². The molecular weight excluding hydrogens is 100 g/mol. The summed E-state index contributed by atoms with van der Waals surface area (Å²) in [6.07, 6.45) is 7.43. The standard InChI is InChI=1S/C7H10O/c1-3-5-6-7(8)4-2/h2-3,7-8H,1,5-6H2/t7-/m0/s1. The van der Waals surface area contributed by atoms with Crippen LogP contribution in [0.15, 0.2) is 12.7 Å². The summed E-state index contributed by atoms with van der Waals surface area (Å²) in [5.41, 5.74) is 0. The first-order valence-corrected chi connectivity index (χ1v) is 2.56. The van der Waals surface area contributed by atoms with Crippen molar-refractivity contribution < 1.29 is 5.11 Å². The molecule has 8 heavy (non-hydrogen) atoms. The minimum absolute atomic E-state index is 0.590. The van der Waals surface area contributed by atoms with Crippen LogP contribution in [0.2, 0.25) is 0 Å². The maximum absolute atomic E-state index is 8.71. The van der Waals surface area contributed by atoms with Crippen molar-refractivity contribution in [3.63, 3.8) is 0 Å². The van der Waals surface area contributed by atoms with Crippen molar-refractivity contribution in [1.29, 1.82) is 0 Å². The zero-order valence-corrected chi connectivity index (χ0v) is 4.80. The van der Waals surface area contributed by atoms with Gasteiger partial charge in [-0.2, -0.15) is 0 Å².